The normalized spacial score (nSPS) is 11.1. The molecule has 0 radical (unpaired) electrons. The molecule has 0 amide bonds. The van der Waals surface area contributed by atoms with Gasteiger partial charge >= 0.3 is 5.97 Å². The predicted octanol–water partition coefficient (Wildman–Crippen LogP) is 2.09. The fraction of sp³-hybridized carbons (Fsp3) is 0.0714. The fourth-order valence-corrected chi connectivity index (χ4v) is 2.34. The highest BCUT2D eigenvalue weighted by atomic mass is 32.2. The Balaban J connectivity index is 2.15. The number of carboxylic acids is 1. The Morgan fingerprint density at radius 2 is 1.48 bits per heavy atom. The summed E-state index contributed by atoms with van der Waals surface area (Å²) in [5.41, 5.74) is 0.165. The molecular weight excluding hydrogens is 294 g/mol. The molecule has 0 bridgehead atoms. The van der Waals surface area contributed by atoms with Crippen LogP contribution in [0.1, 0.15) is 10.4 Å². The van der Waals surface area contributed by atoms with Gasteiger partial charge in [-0.2, -0.15) is 0 Å². The summed E-state index contributed by atoms with van der Waals surface area (Å²) in [6, 6.07) is 11.8. The highest BCUT2D eigenvalue weighted by molar-refractivity contribution is 7.89. The minimum Gasteiger partial charge on any atom is -0.478 e. The van der Waals surface area contributed by atoms with Gasteiger partial charge < -0.3 is 9.84 Å². The lowest BCUT2D eigenvalue weighted by atomic mass is 10.2. The van der Waals surface area contributed by atoms with Crippen LogP contribution in [0.25, 0.3) is 0 Å². The van der Waals surface area contributed by atoms with Crippen LogP contribution < -0.4 is 9.46 Å². The molecule has 0 fully saturated rings. The van der Waals surface area contributed by atoms with Gasteiger partial charge in [0.1, 0.15) is 11.5 Å². The Kier molecular flexibility index (Phi) is 4.25. The van der Waals surface area contributed by atoms with Crippen LogP contribution in [0.15, 0.2) is 53.4 Å². The third-order valence-corrected chi connectivity index (χ3v) is 4.17. The van der Waals surface area contributed by atoms with E-state index in [-0.39, 0.29) is 10.5 Å². The van der Waals surface area contributed by atoms with Gasteiger partial charge in [-0.15, -0.1) is 0 Å². The summed E-state index contributed by atoms with van der Waals surface area (Å²) >= 11 is 0. The van der Waals surface area contributed by atoms with Gasteiger partial charge in [-0.3, -0.25) is 0 Å². The van der Waals surface area contributed by atoms with Gasteiger partial charge in [0.2, 0.25) is 10.0 Å². The second-order valence-corrected chi connectivity index (χ2v) is 6.00. The van der Waals surface area contributed by atoms with Gasteiger partial charge in [0.15, 0.2) is 0 Å². The molecule has 0 saturated heterocycles. The van der Waals surface area contributed by atoms with E-state index in [4.69, 9.17) is 9.84 Å². The third kappa shape index (κ3) is 3.59. The van der Waals surface area contributed by atoms with Gasteiger partial charge in [0.25, 0.3) is 0 Å². The van der Waals surface area contributed by atoms with Gasteiger partial charge in [-0.05, 0) is 55.6 Å². The number of hydrogen-bond donors (Lipinski definition) is 2. The molecule has 7 heteroatoms. The molecule has 2 N–H and O–H groups in total. The molecule has 6 nitrogen and oxygen atoms in total. The second kappa shape index (κ2) is 5.94. The molecule has 2 aromatic carbocycles. The van der Waals surface area contributed by atoms with Crippen molar-refractivity contribution < 1.29 is 23.1 Å². The molecule has 110 valence electrons. The maximum absolute atomic E-state index is 11.6. The maximum atomic E-state index is 11.6. The molecule has 0 aliphatic heterocycles. The molecule has 2 rings (SSSR count). The third-order valence-electron chi connectivity index (χ3n) is 2.74. The number of benzene rings is 2. The first-order valence-electron chi connectivity index (χ1n) is 5.97. The van der Waals surface area contributed by atoms with E-state index in [9.17, 15) is 13.2 Å². The van der Waals surface area contributed by atoms with Crippen molar-refractivity contribution in [1.82, 2.24) is 4.72 Å². The standard InChI is InChI=1S/C14H13NO5S/c1-15-21(18,19)13-8-6-12(7-9-13)20-11-4-2-10(3-5-11)14(16)17/h2-9,15H,1H3,(H,16,17). The number of nitrogens with one attached hydrogen (secondary N) is 1. The second-order valence-electron chi connectivity index (χ2n) is 4.11. The quantitative estimate of drug-likeness (QED) is 0.882. The average Bonchev–Trinajstić information content (AvgIpc) is 2.48. The summed E-state index contributed by atoms with van der Waals surface area (Å²) < 4.78 is 30.9. The van der Waals surface area contributed by atoms with E-state index in [0.29, 0.717) is 11.5 Å². The summed E-state index contributed by atoms with van der Waals surface area (Å²) in [6.07, 6.45) is 0. The van der Waals surface area contributed by atoms with Crippen LogP contribution in [0.2, 0.25) is 0 Å². The number of hydrogen-bond acceptors (Lipinski definition) is 4. The largest absolute Gasteiger partial charge is 0.478 e. The number of sulfonamides is 1. The molecule has 0 saturated carbocycles. The van der Waals surface area contributed by atoms with Crippen LogP contribution >= 0.6 is 0 Å². The zero-order valence-corrected chi connectivity index (χ0v) is 11.9. The highest BCUT2D eigenvalue weighted by Gasteiger charge is 2.11. The van der Waals surface area contributed by atoms with Crippen LogP contribution in [0.3, 0.4) is 0 Å². The number of carboxylic acid groups (broad SMARTS) is 1. The average molecular weight is 307 g/mol. The molecule has 0 atom stereocenters. The zero-order chi connectivity index (χ0) is 15.5. The van der Waals surface area contributed by atoms with Crippen molar-refractivity contribution in [2.75, 3.05) is 7.05 Å². The van der Waals surface area contributed by atoms with E-state index in [1.807, 2.05) is 0 Å². The monoisotopic (exact) mass is 307 g/mol. The molecule has 0 aromatic heterocycles. The lowest BCUT2D eigenvalue weighted by Gasteiger charge is -2.07. The molecule has 0 spiro atoms. The summed E-state index contributed by atoms with van der Waals surface area (Å²) in [4.78, 5) is 10.9. The first-order valence-corrected chi connectivity index (χ1v) is 7.45. The fourth-order valence-electron chi connectivity index (χ4n) is 1.61. The minimum absolute atomic E-state index is 0.138. The van der Waals surface area contributed by atoms with E-state index in [1.54, 1.807) is 0 Å². The number of ether oxygens (including phenoxy) is 1. The maximum Gasteiger partial charge on any atom is 0.335 e. The van der Waals surface area contributed by atoms with E-state index in [1.165, 1.54) is 55.6 Å². The molecule has 21 heavy (non-hydrogen) atoms. The van der Waals surface area contributed by atoms with Crippen LogP contribution in [-0.2, 0) is 10.0 Å². The Labute approximate surface area is 122 Å². The summed E-state index contributed by atoms with van der Waals surface area (Å²) in [7, 11) is -2.14. The van der Waals surface area contributed by atoms with Crippen LogP contribution in [-0.4, -0.2) is 26.5 Å². The minimum atomic E-state index is -3.47. The molecule has 0 unspecified atom stereocenters. The highest BCUT2D eigenvalue weighted by Crippen LogP contribution is 2.23. The number of carbonyl (C=O) groups is 1. The van der Waals surface area contributed by atoms with Crippen molar-refractivity contribution in [3.63, 3.8) is 0 Å². The van der Waals surface area contributed by atoms with Crippen LogP contribution in [0.5, 0.6) is 11.5 Å². The van der Waals surface area contributed by atoms with Crippen molar-refractivity contribution >= 4 is 16.0 Å². The zero-order valence-electron chi connectivity index (χ0n) is 11.1. The van der Waals surface area contributed by atoms with Crippen LogP contribution in [0.4, 0.5) is 0 Å². The molecular formula is C14H13NO5S. The van der Waals surface area contributed by atoms with Gasteiger partial charge in [-0.1, -0.05) is 0 Å². The Hall–Kier alpha value is -2.38. The lowest BCUT2D eigenvalue weighted by Crippen LogP contribution is -2.18. The van der Waals surface area contributed by atoms with Crippen LogP contribution in [0, 0.1) is 0 Å². The molecule has 0 aliphatic rings. The lowest BCUT2D eigenvalue weighted by molar-refractivity contribution is 0.0697. The van der Waals surface area contributed by atoms with Crippen molar-refractivity contribution in [2.45, 2.75) is 4.90 Å². The Morgan fingerprint density at radius 3 is 1.90 bits per heavy atom. The van der Waals surface area contributed by atoms with Gasteiger partial charge in [0.05, 0.1) is 10.5 Å². The van der Waals surface area contributed by atoms with E-state index in [0.717, 1.165) is 0 Å². The van der Waals surface area contributed by atoms with Gasteiger partial charge in [-0.25, -0.2) is 17.9 Å². The first kappa shape index (κ1) is 15.0. The summed E-state index contributed by atoms with van der Waals surface area (Å²) in [6.45, 7) is 0. The van der Waals surface area contributed by atoms with Crippen molar-refractivity contribution in [1.29, 1.82) is 0 Å². The Morgan fingerprint density at radius 1 is 1.00 bits per heavy atom. The van der Waals surface area contributed by atoms with E-state index >= 15 is 0 Å². The smallest absolute Gasteiger partial charge is 0.335 e. The van der Waals surface area contributed by atoms with Gasteiger partial charge in [0, 0.05) is 0 Å². The summed E-state index contributed by atoms with van der Waals surface area (Å²) in [5, 5.41) is 8.79. The first-order chi connectivity index (χ1) is 9.92. The summed E-state index contributed by atoms with van der Waals surface area (Å²) in [5.74, 6) is -0.0967. The van der Waals surface area contributed by atoms with Crippen molar-refractivity contribution in [3.8, 4) is 11.5 Å². The molecule has 0 aliphatic carbocycles. The van der Waals surface area contributed by atoms with E-state index in [2.05, 4.69) is 4.72 Å². The topological polar surface area (TPSA) is 92.7 Å². The van der Waals surface area contributed by atoms with Crippen molar-refractivity contribution in [3.05, 3.63) is 54.1 Å². The molecule has 0 heterocycles. The number of aromatic carboxylic acids is 1. The van der Waals surface area contributed by atoms with E-state index < -0.39 is 16.0 Å². The number of rotatable bonds is 5. The predicted molar refractivity (Wildman–Crippen MR) is 76.2 cm³/mol. The van der Waals surface area contributed by atoms with Crippen molar-refractivity contribution in [2.24, 2.45) is 0 Å². The SMILES string of the molecule is CNS(=O)(=O)c1ccc(Oc2ccc(C(=O)O)cc2)cc1. The Bertz CT molecular complexity index is 736. The molecule has 2 aromatic rings.